The first-order valence-corrected chi connectivity index (χ1v) is 6.24. The molecule has 0 aliphatic carbocycles. The summed E-state index contributed by atoms with van der Waals surface area (Å²) in [6.45, 7) is 0.435. The second-order valence-corrected chi connectivity index (χ2v) is 4.73. The van der Waals surface area contributed by atoms with Crippen LogP contribution in [0.15, 0.2) is 24.3 Å². The fourth-order valence-electron chi connectivity index (χ4n) is 2.09. The summed E-state index contributed by atoms with van der Waals surface area (Å²) in [4.78, 5) is 36.2. The Morgan fingerprint density at radius 1 is 1.30 bits per heavy atom. The third kappa shape index (κ3) is 2.96. The Morgan fingerprint density at radius 3 is 2.45 bits per heavy atom. The molecule has 0 spiro atoms. The second kappa shape index (κ2) is 5.73. The van der Waals surface area contributed by atoms with E-state index in [0.717, 1.165) is 0 Å². The summed E-state index contributed by atoms with van der Waals surface area (Å²) in [5.74, 6) is -0.960. The summed E-state index contributed by atoms with van der Waals surface area (Å²) < 4.78 is 4.59. The zero-order valence-corrected chi connectivity index (χ0v) is 11.4. The summed E-state index contributed by atoms with van der Waals surface area (Å²) in [5, 5.41) is 2.74. The van der Waals surface area contributed by atoms with Gasteiger partial charge in [0.1, 0.15) is 0 Å². The van der Waals surface area contributed by atoms with Gasteiger partial charge in [-0.15, -0.1) is 0 Å². The average molecular weight is 276 g/mol. The van der Waals surface area contributed by atoms with Gasteiger partial charge in [0.25, 0.3) is 0 Å². The minimum atomic E-state index is -0.425. The lowest BCUT2D eigenvalue weighted by molar-refractivity contribution is -0.127. The number of benzene rings is 1. The molecular formula is C14H16N2O4. The van der Waals surface area contributed by atoms with Crippen molar-refractivity contribution >= 4 is 23.5 Å². The maximum Gasteiger partial charge on any atom is 0.337 e. The number of hydrogen-bond acceptors (Lipinski definition) is 4. The molecule has 20 heavy (non-hydrogen) atoms. The van der Waals surface area contributed by atoms with Crippen LogP contribution in [-0.4, -0.2) is 43.4 Å². The van der Waals surface area contributed by atoms with Gasteiger partial charge in [0.05, 0.1) is 18.6 Å². The highest BCUT2D eigenvalue weighted by atomic mass is 16.5. The van der Waals surface area contributed by atoms with Gasteiger partial charge in [-0.05, 0) is 24.3 Å². The summed E-state index contributed by atoms with van der Waals surface area (Å²) >= 11 is 0. The Kier molecular flexibility index (Phi) is 4.02. The van der Waals surface area contributed by atoms with Crippen molar-refractivity contribution in [1.82, 2.24) is 4.90 Å². The number of carbonyl (C=O) groups excluding carboxylic acids is 3. The van der Waals surface area contributed by atoms with Crippen LogP contribution in [-0.2, 0) is 14.3 Å². The fraction of sp³-hybridized carbons (Fsp3) is 0.357. The highest BCUT2D eigenvalue weighted by Gasteiger charge is 2.32. The molecule has 6 heteroatoms. The minimum absolute atomic E-state index is 0.0220. The van der Waals surface area contributed by atoms with Crippen LogP contribution in [0.3, 0.4) is 0 Å². The number of rotatable bonds is 3. The van der Waals surface area contributed by atoms with E-state index < -0.39 is 5.97 Å². The summed E-state index contributed by atoms with van der Waals surface area (Å²) in [7, 11) is 2.99. The van der Waals surface area contributed by atoms with E-state index >= 15 is 0 Å². The Labute approximate surface area is 116 Å². The zero-order chi connectivity index (χ0) is 14.7. The molecular weight excluding hydrogens is 260 g/mol. The summed E-state index contributed by atoms with van der Waals surface area (Å²) in [6.07, 6.45) is 0.239. The molecule has 1 saturated heterocycles. The Morgan fingerprint density at radius 2 is 1.95 bits per heavy atom. The Hall–Kier alpha value is -2.37. The minimum Gasteiger partial charge on any atom is -0.465 e. The maximum absolute atomic E-state index is 12.0. The van der Waals surface area contributed by atoms with Crippen LogP contribution in [0, 0.1) is 5.92 Å². The number of amides is 2. The van der Waals surface area contributed by atoms with E-state index in [-0.39, 0.29) is 24.2 Å². The van der Waals surface area contributed by atoms with Crippen molar-refractivity contribution in [3.05, 3.63) is 29.8 Å². The highest BCUT2D eigenvalue weighted by molar-refractivity contribution is 5.97. The first-order valence-electron chi connectivity index (χ1n) is 6.24. The lowest BCUT2D eigenvalue weighted by atomic mass is 10.1. The van der Waals surface area contributed by atoms with Crippen molar-refractivity contribution in [2.24, 2.45) is 5.92 Å². The first-order chi connectivity index (χ1) is 9.51. The smallest absolute Gasteiger partial charge is 0.337 e. The van der Waals surface area contributed by atoms with Crippen molar-refractivity contribution in [2.45, 2.75) is 6.42 Å². The van der Waals surface area contributed by atoms with Gasteiger partial charge in [0.15, 0.2) is 0 Å². The molecule has 2 amide bonds. The van der Waals surface area contributed by atoms with Crippen molar-refractivity contribution in [2.75, 3.05) is 26.0 Å². The van der Waals surface area contributed by atoms with E-state index in [1.807, 2.05) is 0 Å². The van der Waals surface area contributed by atoms with E-state index in [2.05, 4.69) is 10.1 Å². The second-order valence-electron chi connectivity index (χ2n) is 4.73. The molecule has 1 N–H and O–H groups in total. The molecule has 0 saturated carbocycles. The van der Waals surface area contributed by atoms with Crippen molar-refractivity contribution in [1.29, 1.82) is 0 Å². The van der Waals surface area contributed by atoms with Crippen LogP contribution in [0.5, 0.6) is 0 Å². The molecule has 1 fully saturated rings. The van der Waals surface area contributed by atoms with Crippen LogP contribution in [0.4, 0.5) is 5.69 Å². The number of anilines is 1. The highest BCUT2D eigenvalue weighted by Crippen LogP contribution is 2.18. The molecule has 0 bridgehead atoms. The van der Waals surface area contributed by atoms with Gasteiger partial charge >= 0.3 is 5.97 Å². The Bertz CT molecular complexity index is 539. The topological polar surface area (TPSA) is 75.7 Å². The number of hydrogen-bond donors (Lipinski definition) is 1. The quantitative estimate of drug-likeness (QED) is 0.832. The van der Waals surface area contributed by atoms with E-state index in [4.69, 9.17) is 0 Å². The largest absolute Gasteiger partial charge is 0.465 e. The molecule has 1 aromatic rings. The number of ether oxygens (including phenoxy) is 1. The van der Waals surface area contributed by atoms with Crippen LogP contribution >= 0.6 is 0 Å². The standard InChI is InChI=1S/C14H16N2O4/c1-16-8-10(7-12(16)17)13(18)15-11-5-3-9(4-6-11)14(19)20-2/h3-6,10H,7-8H2,1-2H3,(H,15,18). The van der Waals surface area contributed by atoms with E-state index in [1.165, 1.54) is 7.11 Å². The van der Waals surface area contributed by atoms with Crippen molar-refractivity contribution in [3.8, 4) is 0 Å². The SMILES string of the molecule is COC(=O)c1ccc(NC(=O)C2CC(=O)N(C)C2)cc1. The van der Waals surface area contributed by atoms with Crippen LogP contribution in [0.2, 0.25) is 0 Å². The van der Waals surface area contributed by atoms with Gasteiger partial charge in [0, 0.05) is 25.7 Å². The molecule has 1 aliphatic rings. The van der Waals surface area contributed by atoms with Gasteiger partial charge in [-0.25, -0.2) is 4.79 Å². The van der Waals surface area contributed by atoms with E-state index in [1.54, 1.807) is 36.2 Å². The average Bonchev–Trinajstić information content (AvgIpc) is 2.79. The molecule has 2 rings (SSSR count). The molecule has 1 heterocycles. The Balaban J connectivity index is 1.98. The van der Waals surface area contributed by atoms with Gasteiger partial charge in [-0.3, -0.25) is 9.59 Å². The number of carbonyl (C=O) groups is 3. The molecule has 0 aromatic heterocycles. The number of methoxy groups -OCH3 is 1. The fourth-order valence-corrected chi connectivity index (χ4v) is 2.09. The molecule has 0 radical (unpaired) electrons. The predicted molar refractivity (Wildman–Crippen MR) is 72.2 cm³/mol. The van der Waals surface area contributed by atoms with Crippen LogP contribution < -0.4 is 5.32 Å². The number of likely N-dealkylation sites (tertiary alicyclic amines) is 1. The number of nitrogens with zero attached hydrogens (tertiary/aromatic N) is 1. The molecule has 1 aliphatic heterocycles. The normalized spacial score (nSPS) is 18.0. The molecule has 1 atom stereocenters. The molecule has 1 aromatic carbocycles. The lowest BCUT2D eigenvalue weighted by Crippen LogP contribution is -2.25. The lowest BCUT2D eigenvalue weighted by Gasteiger charge is -2.11. The predicted octanol–water partition coefficient (Wildman–Crippen LogP) is 0.890. The molecule has 106 valence electrons. The van der Waals surface area contributed by atoms with E-state index in [9.17, 15) is 14.4 Å². The van der Waals surface area contributed by atoms with Gasteiger partial charge in [-0.1, -0.05) is 0 Å². The van der Waals surface area contributed by atoms with Crippen molar-refractivity contribution < 1.29 is 19.1 Å². The zero-order valence-electron chi connectivity index (χ0n) is 11.4. The van der Waals surface area contributed by atoms with Crippen LogP contribution in [0.25, 0.3) is 0 Å². The van der Waals surface area contributed by atoms with Crippen LogP contribution in [0.1, 0.15) is 16.8 Å². The van der Waals surface area contributed by atoms with E-state index in [0.29, 0.717) is 17.8 Å². The number of esters is 1. The third-order valence-electron chi connectivity index (χ3n) is 3.29. The number of nitrogens with one attached hydrogen (secondary N) is 1. The van der Waals surface area contributed by atoms with Gasteiger partial charge in [0.2, 0.25) is 11.8 Å². The first kappa shape index (κ1) is 14.0. The molecule has 6 nitrogen and oxygen atoms in total. The van der Waals surface area contributed by atoms with Crippen molar-refractivity contribution in [3.63, 3.8) is 0 Å². The molecule has 1 unspecified atom stereocenters. The van der Waals surface area contributed by atoms with Gasteiger partial charge in [-0.2, -0.15) is 0 Å². The van der Waals surface area contributed by atoms with Gasteiger partial charge < -0.3 is 15.0 Å². The maximum atomic E-state index is 12.0. The monoisotopic (exact) mass is 276 g/mol. The summed E-state index contributed by atoms with van der Waals surface area (Å²) in [5.41, 5.74) is 1.01. The third-order valence-corrected chi connectivity index (χ3v) is 3.29. The summed E-state index contributed by atoms with van der Waals surface area (Å²) in [6, 6.07) is 6.41.